The van der Waals surface area contributed by atoms with E-state index in [1.54, 1.807) is 0 Å². The van der Waals surface area contributed by atoms with Crippen LogP contribution in [0.15, 0.2) is 0 Å². The molecule has 0 radical (unpaired) electrons. The van der Waals surface area contributed by atoms with Gasteiger partial charge in [0.2, 0.25) is 0 Å². The summed E-state index contributed by atoms with van der Waals surface area (Å²) in [6.45, 7) is 9.40. The number of hydrogen-bond donors (Lipinski definition) is 3. The molecule has 0 aromatic carbocycles. The van der Waals surface area contributed by atoms with E-state index in [9.17, 15) is 18.6 Å². The first kappa shape index (κ1) is 25.8. The summed E-state index contributed by atoms with van der Waals surface area (Å²) in [5.41, 5.74) is 0.358. The second-order valence-electron chi connectivity index (χ2n) is 12.2. The van der Waals surface area contributed by atoms with Crippen molar-refractivity contribution in [3.05, 3.63) is 0 Å². The van der Waals surface area contributed by atoms with Crippen LogP contribution in [0.1, 0.15) is 85.5 Å². The average molecular weight is 489 g/mol. The molecule has 0 amide bonds. The van der Waals surface area contributed by atoms with Crippen LogP contribution in [0.4, 0.5) is 0 Å². The normalized spacial score (nSPS) is 48.6. The second kappa shape index (κ2) is 9.32. The molecule has 0 aliphatic heterocycles. The molecule has 4 fully saturated rings. The summed E-state index contributed by atoms with van der Waals surface area (Å²) in [5.74, 6) is 2.82. The van der Waals surface area contributed by atoms with Crippen molar-refractivity contribution >= 4 is 10.4 Å². The van der Waals surface area contributed by atoms with Crippen LogP contribution in [-0.4, -0.2) is 42.0 Å². The maximum absolute atomic E-state index is 11.7. The van der Waals surface area contributed by atoms with Gasteiger partial charge in [-0.1, -0.05) is 38.4 Å². The number of fused-ring (bicyclic) bond motifs is 5. The molecule has 4 saturated carbocycles. The quantitative estimate of drug-likeness (QED) is 0.211. The third-order valence-corrected chi connectivity index (χ3v) is 11.2. The highest BCUT2D eigenvalue weighted by atomic mass is 32.3. The molecular weight excluding hydrogens is 444 g/mol. The fraction of sp³-hybridized carbons (Fsp3) is 1.00. The molecule has 0 aromatic rings. The SMILES string of the molecule is CC[C@H]1C(O)C2C3CC[C@H]([C@H](C)CCOOS(=O)(=O)O)[C@@]3(C)CCC2[C@@]2(C)CC[C@@H](O)C[C@@H]12. The summed E-state index contributed by atoms with van der Waals surface area (Å²) in [6, 6.07) is 0. The van der Waals surface area contributed by atoms with Crippen LogP contribution in [0.5, 0.6) is 0 Å². The van der Waals surface area contributed by atoms with Crippen molar-refractivity contribution in [1.29, 1.82) is 0 Å². The van der Waals surface area contributed by atoms with Gasteiger partial charge in [0.15, 0.2) is 0 Å². The molecule has 4 aliphatic carbocycles. The summed E-state index contributed by atoms with van der Waals surface area (Å²) in [7, 11) is -4.58. The van der Waals surface area contributed by atoms with Gasteiger partial charge in [0.1, 0.15) is 0 Å². The van der Waals surface area contributed by atoms with Gasteiger partial charge in [-0.05, 0) is 104 Å². The standard InChI is InChI=1S/C25H44O7S/c1-5-17-21-14-16(26)8-11-25(21,4)20-9-12-24(3)18(6-7-19(24)22(20)23(17)27)15(2)10-13-31-32-33(28,29)30/h15-23,26-27H,5-14H2,1-4H3,(H,28,29,30)/t15-,16-,17-,18-,19?,20?,21+,22?,23?,24-,25-/m1/s1. The molecule has 3 N–H and O–H groups in total. The highest BCUT2D eigenvalue weighted by molar-refractivity contribution is 7.80. The van der Waals surface area contributed by atoms with Gasteiger partial charge < -0.3 is 10.2 Å². The predicted octanol–water partition coefficient (Wildman–Crippen LogP) is 4.39. The zero-order valence-corrected chi connectivity index (χ0v) is 21.5. The fourth-order valence-electron chi connectivity index (χ4n) is 9.46. The predicted molar refractivity (Wildman–Crippen MR) is 124 cm³/mol. The molecule has 192 valence electrons. The molecule has 4 unspecified atom stereocenters. The van der Waals surface area contributed by atoms with Gasteiger partial charge >= 0.3 is 10.4 Å². The minimum absolute atomic E-state index is 0.118. The Morgan fingerprint density at radius 2 is 1.67 bits per heavy atom. The van der Waals surface area contributed by atoms with Crippen LogP contribution in [0.2, 0.25) is 0 Å². The Kier molecular flexibility index (Phi) is 7.30. The molecule has 7 nitrogen and oxygen atoms in total. The minimum atomic E-state index is -4.58. The first-order valence-electron chi connectivity index (χ1n) is 13.1. The maximum atomic E-state index is 11.7. The van der Waals surface area contributed by atoms with Crippen molar-refractivity contribution in [2.45, 2.75) is 97.7 Å². The Morgan fingerprint density at radius 1 is 1.00 bits per heavy atom. The number of hydrogen-bond acceptors (Lipinski definition) is 6. The van der Waals surface area contributed by atoms with Crippen molar-refractivity contribution < 1.29 is 32.4 Å². The molecule has 0 spiro atoms. The molecule has 4 aliphatic rings. The van der Waals surface area contributed by atoms with E-state index in [1.165, 1.54) is 0 Å². The summed E-state index contributed by atoms with van der Waals surface area (Å²) < 4.78 is 34.1. The molecule has 0 saturated heterocycles. The monoisotopic (exact) mass is 488 g/mol. The summed E-state index contributed by atoms with van der Waals surface area (Å²) in [4.78, 5) is 4.71. The molecule has 33 heavy (non-hydrogen) atoms. The Balaban J connectivity index is 1.51. The molecule has 0 heterocycles. The van der Waals surface area contributed by atoms with Crippen LogP contribution in [0.25, 0.3) is 0 Å². The van der Waals surface area contributed by atoms with Gasteiger partial charge in [0.05, 0.1) is 18.8 Å². The van der Waals surface area contributed by atoms with E-state index in [4.69, 9.17) is 9.44 Å². The lowest BCUT2D eigenvalue weighted by atomic mass is 9.41. The number of aliphatic hydroxyl groups is 2. The van der Waals surface area contributed by atoms with Gasteiger partial charge in [-0.15, -0.1) is 0 Å². The first-order chi connectivity index (χ1) is 15.4. The molecule has 4 rings (SSSR count). The second-order valence-corrected chi connectivity index (χ2v) is 13.2. The van der Waals surface area contributed by atoms with E-state index in [0.29, 0.717) is 41.9 Å². The molecule has 0 bridgehead atoms. The van der Waals surface area contributed by atoms with Crippen molar-refractivity contribution in [2.75, 3.05) is 6.61 Å². The van der Waals surface area contributed by atoms with Crippen molar-refractivity contribution in [3.63, 3.8) is 0 Å². The van der Waals surface area contributed by atoms with Crippen molar-refractivity contribution in [2.24, 2.45) is 52.3 Å². The maximum Gasteiger partial charge on any atom is 0.424 e. The van der Waals surface area contributed by atoms with Crippen molar-refractivity contribution in [3.8, 4) is 0 Å². The lowest BCUT2D eigenvalue weighted by Gasteiger charge is -2.64. The summed E-state index contributed by atoms with van der Waals surface area (Å²) in [6.07, 6.45) is 8.44. The Hall–Kier alpha value is -0.250. The summed E-state index contributed by atoms with van der Waals surface area (Å²) in [5, 5.41) is 22.2. The molecule has 11 atom stereocenters. The number of aliphatic hydroxyl groups excluding tert-OH is 2. The lowest BCUT2D eigenvalue weighted by molar-refractivity contribution is -0.213. The van der Waals surface area contributed by atoms with E-state index in [0.717, 1.165) is 51.4 Å². The van der Waals surface area contributed by atoms with Crippen LogP contribution >= 0.6 is 0 Å². The van der Waals surface area contributed by atoms with Gasteiger partial charge in [-0.2, -0.15) is 8.42 Å². The first-order valence-corrected chi connectivity index (χ1v) is 14.4. The average Bonchev–Trinajstić information content (AvgIpc) is 3.09. The highest BCUT2D eigenvalue weighted by Crippen LogP contribution is 2.69. The van der Waals surface area contributed by atoms with Gasteiger partial charge in [0, 0.05) is 0 Å². The third-order valence-electron chi connectivity index (χ3n) is 10.9. The lowest BCUT2D eigenvalue weighted by Crippen LogP contribution is -2.62. The third kappa shape index (κ3) is 4.53. The minimum Gasteiger partial charge on any atom is -0.393 e. The fourth-order valence-corrected chi connectivity index (χ4v) is 9.65. The van der Waals surface area contributed by atoms with Crippen LogP contribution in [0, 0.1) is 52.3 Å². The van der Waals surface area contributed by atoms with E-state index >= 15 is 0 Å². The Bertz CT molecular complexity index is 803. The van der Waals surface area contributed by atoms with E-state index < -0.39 is 10.4 Å². The topological polar surface area (TPSA) is 113 Å². The zero-order valence-electron chi connectivity index (χ0n) is 20.7. The van der Waals surface area contributed by atoms with Gasteiger partial charge in [0.25, 0.3) is 0 Å². The highest BCUT2D eigenvalue weighted by Gasteiger charge is 2.64. The van der Waals surface area contributed by atoms with Crippen LogP contribution in [-0.2, 0) is 19.6 Å². The van der Waals surface area contributed by atoms with E-state index in [-0.39, 0.29) is 35.6 Å². The molecule has 8 heteroatoms. The van der Waals surface area contributed by atoms with Crippen molar-refractivity contribution in [1.82, 2.24) is 0 Å². The van der Waals surface area contributed by atoms with E-state index in [1.807, 2.05) is 0 Å². The van der Waals surface area contributed by atoms with Gasteiger partial charge in [-0.25, -0.2) is 4.89 Å². The zero-order chi connectivity index (χ0) is 24.2. The van der Waals surface area contributed by atoms with Crippen LogP contribution in [0.3, 0.4) is 0 Å². The number of rotatable bonds is 7. The molecular formula is C25H44O7S. The Labute approximate surface area is 199 Å². The van der Waals surface area contributed by atoms with Crippen LogP contribution < -0.4 is 0 Å². The molecule has 0 aromatic heterocycles. The summed E-state index contributed by atoms with van der Waals surface area (Å²) >= 11 is 0. The van der Waals surface area contributed by atoms with Gasteiger partial charge in [-0.3, -0.25) is 4.55 Å². The van der Waals surface area contributed by atoms with E-state index in [2.05, 4.69) is 32.0 Å². The Morgan fingerprint density at radius 3 is 2.33 bits per heavy atom. The smallest absolute Gasteiger partial charge is 0.393 e. The largest absolute Gasteiger partial charge is 0.424 e.